The molecule has 0 aliphatic heterocycles. The van der Waals surface area contributed by atoms with E-state index < -0.39 is 0 Å². The third-order valence-corrected chi connectivity index (χ3v) is 5.88. The molecule has 0 unspecified atom stereocenters. The maximum atomic E-state index is 12.2. The number of benzene rings is 4. The Labute approximate surface area is 186 Å². The molecular formula is C27H23N3O2. The SMILES string of the molecule is CN(C(N)=Nc1ccc2cccc3c2c1CC3)c1ccc(OC(=O)c2ccccc2)cc1. The third-order valence-electron chi connectivity index (χ3n) is 5.88. The van der Waals surface area contributed by atoms with Gasteiger partial charge in [0.1, 0.15) is 5.75 Å². The standard InChI is InChI=1S/C27H23N3O2/c1-30(21-12-14-22(15-13-21)32-26(31)20-6-3-2-4-7-20)27(28)29-24-17-11-19-9-5-8-18-10-16-23(24)25(18)19/h2-9,11-15,17H,10,16H2,1H3,(H2,28,29). The van der Waals surface area contributed by atoms with E-state index >= 15 is 0 Å². The first-order valence-corrected chi connectivity index (χ1v) is 10.6. The molecule has 1 aliphatic carbocycles. The van der Waals surface area contributed by atoms with Crippen molar-refractivity contribution in [1.82, 2.24) is 0 Å². The van der Waals surface area contributed by atoms with E-state index in [1.165, 1.54) is 21.9 Å². The first-order chi connectivity index (χ1) is 15.6. The van der Waals surface area contributed by atoms with E-state index in [4.69, 9.17) is 15.5 Å². The average molecular weight is 422 g/mol. The second-order valence-electron chi connectivity index (χ2n) is 7.86. The van der Waals surface area contributed by atoms with Gasteiger partial charge in [-0.3, -0.25) is 0 Å². The van der Waals surface area contributed by atoms with Crippen molar-refractivity contribution in [2.45, 2.75) is 12.8 Å². The number of hydrogen-bond acceptors (Lipinski definition) is 3. The Hall–Kier alpha value is -4.12. The molecule has 0 atom stereocenters. The molecule has 0 heterocycles. The molecule has 0 saturated heterocycles. The lowest BCUT2D eigenvalue weighted by Crippen LogP contribution is -2.33. The summed E-state index contributed by atoms with van der Waals surface area (Å²) < 4.78 is 5.45. The van der Waals surface area contributed by atoms with Crippen LogP contribution >= 0.6 is 0 Å². The van der Waals surface area contributed by atoms with Crippen LogP contribution in [0, 0.1) is 0 Å². The molecular weight excluding hydrogens is 398 g/mol. The number of aliphatic imine (C=N–C) groups is 1. The molecule has 158 valence electrons. The molecule has 1 aliphatic rings. The number of hydrogen-bond donors (Lipinski definition) is 1. The molecule has 2 N–H and O–H groups in total. The summed E-state index contributed by atoms with van der Waals surface area (Å²) in [4.78, 5) is 18.8. The zero-order valence-corrected chi connectivity index (χ0v) is 17.8. The summed E-state index contributed by atoms with van der Waals surface area (Å²) in [5.74, 6) is 0.488. The van der Waals surface area contributed by atoms with Crippen molar-refractivity contribution in [3.63, 3.8) is 0 Å². The van der Waals surface area contributed by atoms with Crippen LogP contribution < -0.4 is 15.4 Å². The fourth-order valence-electron chi connectivity index (χ4n) is 4.16. The fraction of sp³-hybridized carbons (Fsp3) is 0.111. The maximum absolute atomic E-state index is 12.2. The van der Waals surface area contributed by atoms with Crippen LogP contribution in [0.3, 0.4) is 0 Å². The molecule has 5 nitrogen and oxygen atoms in total. The highest BCUT2D eigenvalue weighted by molar-refractivity contribution is 5.99. The van der Waals surface area contributed by atoms with E-state index in [9.17, 15) is 4.79 Å². The van der Waals surface area contributed by atoms with Gasteiger partial charge in [0.2, 0.25) is 5.96 Å². The van der Waals surface area contributed by atoms with Crippen LogP contribution in [0.1, 0.15) is 21.5 Å². The molecule has 0 bridgehead atoms. The average Bonchev–Trinajstić information content (AvgIpc) is 3.27. The molecule has 0 saturated carbocycles. The minimum absolute atomic E-state index is 0.387. The van der Waals surface area contributed by atoms with E-state index in [1.807, 2.05) is 36.2 Å². The summed E-state index contributed by atoms with van der Waals surface area (Å²) in [6, 6.07) is 26.7. The van der Waals surface area contributed by atoms with Crippen molar-refractivity contribution in [2.24, 2.45) is 10.7 Å². The summed E-state index contributed by atoms with van der Waals surface area (Å²) in [5, 5.41) is 2.57. The quantitative estimate of drug-likeness (QED) is 0.212. The van der Waals surface area contributed by atoms with Gasteiger partial charge in [-0.15, -0.1) is 0 Å². The highest BCUT2D eigenvalue weighted by Gasteiger charge is 2.18. The second-order valence-corrected chi connectivity index (χ2v) is 7.86. The Morgan fingerprint density at radius 3 is 2.47 bits per heavy atom. The number of anilines is 1. The fourth-order valence-corrected chi connectivity index (χ4v) is 4.16. The molecule has 0 amide bonds. The van der Waals surface area contributed by atoms with Crippen molar-refractivity contribution < 1.29 is 9.53 Å². The Morgan fingerprint density at radius 1 is 0.906 bits per heavy atom. The first kappa shape index (κ1) is 19.8. The van der Waals surface area contributed by atoms with Gasteiger partial charge < -0.3 is 15.4 Å². The number of nitrogens with two attached hydrogens (primary N) is 1. The van der Waals surface area contributed by atoms with Gasteiger partial charge in [-0.05, 0) is 77.2 Å². The van der Waals surface area contributed by atoms with Crippen LogP contribution in [0.5, 0.6) is 5.75 Å². The zero-order valence-electron chi connectivity index (χ0n) is 17.8. The summed E-state index contributed by atoms with van der Waals surface area (Å²) >= 11 is 0. The molecule has 4 aromatic rings. The van der Waals surface area contributed by atoms with Gasteiger partial charge in [0.15, 0.2) is 0 Å². The van der Waals surface area contributed by atoms with Crippen LogP contribution in [0.15, 0.2) is 89.9 Å². The van der Waals surface area contributed by atoms with Crippen LogP contribution in [0.25, 0.3) is 10.8 Å². The monoisotopic (exact) mass is 421 g/mol. The van der Waals surface area contributed by atoms with E-state index in [0.29, 0.717) is 17.3 Å². The van der Waals surface area contributed by atoms with Crippen molar-refractivity contribution >= 4 is 34.1 Å². The van der Waals surface area contributed by atoms with Gasteiger partial charge in [-0.2, -0.15) is 0 Å². The summed E-state index contributed by atoms with van der Waals surface area (Å²) in [6.45, 7) is 0. The van der Waals surface area contributed by atoms with Crippen molar-refractivity contribution in [2.75, 3.05) is 11.9 Å². The number of rotatable bonds is 4. The maximum Gasteiger partial charge on any atom is 0.343 e. The van der Waals surface area contributed by atoms with Gasteiger partial charge in [0.25, 0.3) is 0 Å². The largest absolute Gasteiger partial charge is 0.423 e. The number of aryl methyl sites for hydroxylation is 2. The smallest absolute Gasteiger partial charge is 0.343 e. The van der Waals surface area contributed by atoms with Crippen LogP contribution in [0.4, 0.5) is 11.4 Å². The highest BCUT2D eigenvalue weighted by Crippen LogP contribution is 2.37. The predicted molar refractivity (Wildman–Crippen MR) is 129 cm³/mol. The van der Waals surface area contributed by atoms with E-state index in [0.717, 1.165) is 24.2 Å². The normalized spacial score (nSPS) is 12.7. The van der Waals surface area contributed by atoms with Crippen LogP contribution in [0.2, 0.25) is 0 Å². The van der Waals surface area contributed by atoms with Crippen LogP contribution in [-0.4, -0.2) is 19.0 Å². The Morgan fingerprint density at radius 2 is 1.69 bits per heavy atom. The summed E-state index contributed by atoms with van der Waals surface area (Å²) in [5.41, 5.74) is 11.3. The third kappa shape index (κ3) is 3.69. The van der Waals surface area contributed by atoms with E-state index in [1.54, 1.807) is 36.4 Å². The lowest BCUT2D eigenvalue weighted by Gasteiger charge is -2.19. The van der Waals surface area contributed by atoms with Crippen LogP contribution in [-0.2, 0) is 12.8 Å². The van der Waals surface area contributed by atoms with Gasteiger partial charge >= 0.3 is 5.97 Å². The lowest BCUT2D eigenvalue weighted by molar-refractivity contribution is 0.0735. The summed E-state index contributed by atoms with van der Waals surface area (Å²) in [7, 11) is 1.87. The summed E-state index contributed by atoms with van der Waals surface area (Å²) in [6.07, 6.45) is 2.02. The predicted octanol–water partition coefficient (Wildman–Crippen LogP) is 5.24. The Bertz CT molecular complexity index is 1330. The van der Waals surface area contributed by atoms with Crippen molar-refractivity contribution in [3.8, 4) is 5.75 Å². The van der Waals surface area contributed by atoms with Crippen molar-refractivity contribution in [1.29, 1.82) is 0 Å². The number of carbonyl (C=O) groups is 1. The Kier molecular flexibility index (Phi) is 5.07. The molecule has 0 aromatic heterocycles. The first-order valence-electron chi connectivity index (χ1n) is 10.6. The Balaban J connectivity index is 1.34. The molecule has 0 spiro atoms. The molecule has 32 heavy (non-hydrogen) atoms. The number of esters is 1. The molecule has 4 aromatic carbocycles. The van der Waals surface area contributed by atoms with Crippen molar-refractivity contribution in [3.05, 3.63) is 102 Å². The topological polar surface area (TPSA) is 67.9 Å². The minimum Gasteiger partial charge on any atom is -0.423 e. The number of nitrogens with zero attached hydrogens (tertiary/aromatic N) is 2. The lowest BCUT2D eigenvalue weighted by atomic mass is 10.0. The number of guanidine groups is 1. The van der Waals surface area contributed by atoms with Gasteiger partial charge in [0.05, 0.1) is 11.3 Å². The molecule has 5 heteroatoms. The number of ether oxygens (including phenoxy) is 1. The highest BCUT2D eigenvalue weighted by atomic mass is 16.5. The van der Waals surface area contributed by atoms with E-state index in [2.05, 4.69) is 24.3 Å². The molecule has 5 rings (SSSR count). The van der Waals surface area contributed by atoms with E-state index in [-0.39, 0.29) is 5.97 Å². The second kappa shape index (κ2) is 8.19. The van der Waals surface area contributed by atoms with Gasteiger partial charge in [0, 0.05) is 12.7 Å². The molecule has 0 radical (unpaired) electrons. The zero-order chi connectivity index (χ0) is 22.1. The molecule has 0 fully saturated rings. The van der Waals surface area contributed by atoms with Gasteiger partial charge in [-0.1, -0.05) is 42.5 Å². The minimum atomic E-state index is -0.387. The number of carbonyl (C=O) groups excluding carboxylic acids is 1. The van der Waals surface area contributed by atoms with Gasteiger partial charge in [-0.25, -0.2) is 9.79 Å².